The van der Waals surface area contributed by atoms with Gasteiger partial charge in [-0.05, 0) is 42.5 Å². The van der Waals surface area contributed by atoms with E-state index in [0.29, 0.717) is 35.9 Å². The Morgan fingerprint density at radius 2 is 2.11 bits per heavy atom. The SMILES string of the molecule is C=C(CCCOC)c1cnc2c(NCCc3c[nH]c4ccccc34)nc(-c3cncc(F)c3)cn12. The third kappa shape index (κ3) is 4.79. The van der Waals surface area contributed by atoms with Crippen molar-refractivity contribution in [1.82, 2.24) is 24.3 Å². The van der Waals surface area contributed by atoms with Gasteiger partial charge >= 0.3 is 0 Å². The number of methoxy groups -OCH3 is 1. The van der Waals surface area contributed by atoms with Gasteiger partial charge in [-0.15, -0.1) is 0 Å². The number of hydrogen-bond donors (Lipinski definition) is 2. The standard InChI is InChI=1S/C27H27FN6O/c1-18(6-5-11-35-2)25-16-32-27-26(30-10-9-19-14-31-23-8-4-3-7-22(19)23)33-24(17-34(25)27)20-12-21(28)15-29-13-20/h3-4,7-8,12-17,31H,1,5-6,9-11H2,2H3,(H,30,33). The number of nitrogens with zero attached hydrogens (tertiary/aromatic N) is 4. The Morgan fingerprint density at radius 3 is 2.97 bits per heavy atom. The molecule has 0 saturated carbocycles. The molecule has 35 heavy (non-hydrogen) atoms. The molecule has 5 rings (SSSR count). The minimum atomic E-state index is -0.409. The molecule has 5 aromatic rings. The number of para-hydroxylation sites is 1. The van der Waals surface area contributed by atoms with Crippen molar-refractivity contribution >= 4 is 27.9 Å². The molecule has 1 aromatic carbocycles. The Balaban J connectivity index is 1.47. The number of benzene rings is 1. The minimum Gasteiger partial charge on any atom is -0.385 e. The second-order valence-corrected chi connectivity index (χ2v) is 8.44. The molecule has 0 aliphatic carbocycles. The summed E-state index contributed by atoms with van der Waals surface area (Å²) in [5, 5.41) is 4.66. The van der Waals surface area contributed by atoms with Crippen LogP contribution in [-0.4, -0.2) is 44.6 Å². The summed E-state index contributed by atoms with van der Waals surface area (Å²) in [4.78, 5) is 16.7. The summed E-state index contributed by atoms with van der Waals surface area (Å²) in [6, 6.07) is 9.68. The van der Waals surface area contributed by atoms with Crippen molar-refractivity contribution in [3.63, 3.8) is 0 Å². The summed E-state index contributed by atoms with van der Waals surface area (Å²) in [6.07, 6.45) is 11.0. The lowest BCUT2D eigenvalue weighted by Crippen LogP contribution is -2.09. The maximum Gasteiger partial charge on any atom is 0.180 e. The van der Waals surface area contributed by atoms with Crippen LogP contribution in [0.4, 0.5) is 10.2 Å². The average molecular weight is 471 g/mol. The van der Waals surface area contributed by atoms with Gasteiger partial charge in [0, 0.05) is 55.3 Å². The zero-order valence-corrected chi connectivity index (χ0v) is 19.6. The first-order valence-electron chi connectivity index (χ1n) is 11.6. The van der Waals surface area contributed by atoms with Gasteiger partial charge in [0.05, 0.1) is 23.8 Å². The molecule has 7 nitrogen and oxygen atoms in total. The number of H-pyrrole nitrogens is 1. The van der Waals surface area contributed by atoms with Crippen molar-refractivity contribution in [2.24, 2.45) is 0 Å². The molecule has 178 valence electrons. The second kappa shape index (κ2) is 10.1. The Labute approximate surface area is 202 Å². The number of pyridine rings is 1. The minimum absolute atomic E-state index is 0.409. The number of fused-ring (bicyclic) bond motifs is 2. The van der Waals surface area contributed by atoms with Crippen molar-refractivity contribution in [2.45, 2.75) is 19.3 Å². The molecular formula is C27H27FN6O. The maximum absolute atomic E-state index is 13.9. The van der Waals surface area contributed by atoms with Gasteiger partial charge in [-0.3, -0.25) is 9.38 Å². The van der Waals surface area contributed by atoms with Crippen LogP contribution in [0.2, 0.25) is 0 Å². The topological polar surface area (TPSA) is 80.1 Å². The summed E-state index contributed by atoms with van der Waals surface area (Å²) in [7, 11) is 1.69. The predicted octanol–water partition coefficient (Wildman–Crippen LogP) is 5.51. The molecule has 2 N–H and O–H groups in total. The molecule has 8 heteroatoms. The summed E-state index contributed by atoms with van der Waals surface area (Å²) in [5.74, 6) is 0.218. The smallest absolute Gasteiger partial charge is 0.180 e. The molecule has 0 saturated heterocycles. The van der Waals surface area contributed by atoms with Crippen LogP contribution in [0.1, 0.15) is 24.1 Å². The summed E-state index contributed by atoms with van der Waals surface area (Å²) < 4.78 is 21.1. The Hall–Kier alpha value is -4.04. The van der Waals surface area contributed by atoms with Gasteiger partial charge in [0.25, 0.3) is 0 Å². The van der Waals surface area contributed by atoms with Crippen molar-refractivity contribution in [3.8, 4) is 11.3 Å². The molecule has 0 fully saturated rings. The van der Waals surface area contributed by atoms with Crippen LogP contribution in [0, 0.1) is 5.82 Å². The molecule has 0 aliphatic heterocycles. The zero-order valence-electron chi connectivity index (χ0n) is 19.6. The van der Waals surface area contributed by atoms with Gasteiger partial charge in [-0.25, -0.2) is 14.4 Å². The van der Waals surface area contributed by atoms with E-state index >= 15 is 0 Å². The van der Waals surface area contributed by atoms with E-state index in [9.17, 15) is 4.39 Å². The van der Waals surface area contributed by atoms with E-state index in [4.69, 9.17) is 9.72 Å². The molecule has 4 aromatic heterocycles. The van der Waals surface area contributed by atoms with Gasteiger partial charge in [0.15, 0.2) is 11.5 Å². The second-order valence-electron chi connectivity index (χ2n) is 8.44. The van der Waals surface area contributed by atoms with E-state index in [0.717, 1.165) is 36.0 Å². The lowest BCUT2D eigenvalue weighted by atomic mass is 10.1. The van der Waals surface area contributed by atoms with E-state index < -0.39 is 5.82 Å². The van der Waals surface area contributed by atoms with Gasteiger partial charge in [0.1, 0.15) is 5.82 Å². The van der Waals surface area contributed by atoms with Crippen molar-refractivity contribution in [2.75, 3.05) is 25.6 Å². The first kappa shape index (κ1) is 22.7. The Morgan fingerprint density at radius 1 is 1.23 bits per heavy atom. The van der Waals surface area contributed by atoms with Gasteiger partial charge in [-0.2, -0.15) is 0 Å². The van der Waals surface area contributed by atoms with Crippen LogP contribution in [0.25, 0.3) is 33.4 Å². The maximum atomic E-state index is 13.9. The average Bonchev–Trinajstić information content (AvgIpc) is 3.49. The normalized spacial score (nSPS) is 11.4. The molecular weight excluding hydrogens is 443 g/mol. The largest absolute Gasteiger partial charge is 0.385 e. The first-order chi connectivity index (χ1) is 17.1. The fraction of sp³-hybridized carbons (Fsp3) is 0.222. The van der Waals surface area contributed by atoms with Crippen LogP contribution in [0.5, 0.6) is 0 Å². The highest BCUT2D eigenvalue weighted by Gasteiger charge is 2.15. The first-order valence-corrected chi connectivity index (χ1v) is 11.6. The number of aromatic amines is 1. The number of rotatable bonds is 10. The van der Waals surface area contributed by atoms with E-state index in [1.807, 2.05) is 35.1 Å². The van der Waals surface area contributed by atoms with Crippen molar-refractivity contribution < 1.29 is 9.13 Å². The number of nitrogens with one attached hydrogen (secondary N) is 2. The summed E-state index contributed by atoms with van der Waals surface area (Å²) in [5.41, 5.74) is 6.08. The highest BCUT2D eigenvalue weighted by Crippen LogP contribution is 2.27. The highest BCUT2D eigenvalue weighted by atomic mass is 19.1. The number of anilines is 1. The summed E-state index contributed by atoms with van der Waals surface area (Å²) >= 11 is 0. The number of ether oxygens (including phenoxy) is 1. The van der Waals surface area contributed by atoms with Crippen molar-refractivity contribution in [1.29, 1.82) is 0 Å². The third-order valence-corrected chi connectivity index (χ3v) is 6.04. The number of aromatic nitrogens is 5. The molecule has 0 aliphatic rings. The summed E-state index contributed by atoms with van der Waals surface area (Å²) in [6.45, 7) is 5.58. The van der Waals surface area contributed by atoms with Crippen LogP contribution in [0.3, 0.4) is 0 Å². The monoisotopic (exact) mass is 470 g/mol. The van der Waals surface area contributed by atoms with E-state index in [1.54, 1.807) is 13.3 Å². The molecule has 0 amide bonds. The molecule has 0 radical (unpaired) electrons. The number of halogens is 1. The predicted molar refractivity (Wildman–Crippen MR) is 137 cm³/mol. The molecule has 0 unspecified atom stereocenters. The lowest BCUT2D eigenvalue weighted by molar-refractivity contribution is 0.196. The van der Waals surface area contributed by atoms with Gasteiger partial charge < -0.3 is 15.0 Å². The fourth-order valence-electron chi connectivity index (χ4n) is 4.27. The van der Waals surface area contributed by atoms with Crippen LogP contribution >= 0.6 is 0 Å². The third-order valence-electron chi connectivity index (χ3n) is 6.04. The number of allylic oxidation sites excluding steroid dienone is 1. The van der Waals surface area contributed by atoms with E-state index in [2.05, 4.69) is 39.0 Å². The molecule has 0 bridgehead atoms. The van der Waals surface area contributed by atoms with Crippen LogP contribution < -0.4 is 5.32 Å². The van der Waals surface area contributed by atoms with Gasteiger partial charge in [-0.1, -0.05) is 24.8 Å². The fourth-order valence-corrected chi connectivity index (χ4v) is 4.27. The number of hydrogen-bond acceptors (Lipinski definition) is 5. The van der Waals surface area contributed by atoms with E-state index in [-0.39, 0.29) is 0 Å². The zero-order chi connectivity index (χ0) is 24.2. The Bertz CT molecular complexity index is 1490. The highest BCUT2D eigenvalue weighted by molar-refractivity contribution is 5.83. The quantitative estimate of drug-likeness (QED) is 0.263. The van der Waals surface area contributed by atoms with Gasteiger partial charge in [0.2, 0.25) is 0 Å². The Kier molecular flexibility index (Phi) is 6.54. The molecule has 4 heterocycles. The number of imidazole rings is 1. The lowest BCUT2D eigenvalue weighted by Gasteiger charge is -2.12. The van der Waals surface area contributed by atoms with Crippen LogP contribution in [-0.2, 0) is 11.2 Å². The van der Waals surface area contributed by atoms with Crippen molar-refractivity contribution in [3.05, 3.63) is 85.0 Å². The van der Waals surface area contributed by atoms with Crippen LogP contribution in [0.15, 0.2) is 67.9 Å². The molecule has 0 spiro atoms. The van der Waals surface area contributed by atoms with E-state index in [1.165, 1.54) is 23.2 Å². The molecule has 0 atom stereocenters.